The van der Waals surface area contributed by atoms with Gasteiger partial charge in [-0.3, -0.25) is 9.48 Å². The summed E-state index contributed by atoms with van der Waals surface area (Å²) in [5.74, 6) is 0.435. The maximum Gasteiger partial charge on any atom is 0.251 e. The zero-order valence-electron chi connectivity index (χ0n) is 13.4. The molecule has 1 aromatic carbocycles. The van der Waals surface area contributed by atoms with E-state index in [2.05, 4.69) is 5.10 Å². The van der Waals surface area contributed by atoms with Gasteiger partial charge in [0.15, 0.2) is 0 Å². The van der Waals surface area contributed by atoms with Crippen LogP contribution in [0.25, 0.3) is 0 Å². The van der Waals surface area contributed by atoms with Crippen molar-refractivity contribution in [3.05, 3.63) is 47.0 Å². The average Bonchev–Trinajstić information content (AvgIpc) is 3.13. The number of aromatic nitrogens is 2. The van der Waals surface area contributed by atoms with Gasteiger partial charge in [-0.25, -0.2) is 4.39 Å². The lowest BCUT2D eigenvalue weighted by Crippen LogP contribution is -2.28. The number of halogens is 1. The molecule has 0 radical (unpaired) electrons. The molecular formula is C18H20FN3O. The van der Waals surface area contributed by atoms with Crippen molar-refractivity contribution in [2.24, 2.45) is 0 Å². The summed E-state index contributed by atoms with van der Waals surface area (Å²) >= 11 is 0. The van der Waals surface area contributed by atoms with Crippen molar-refractivity contribution in [1.82, 2.24) is 9.78 Å². The van der Waals surface area contributed by atoms with Gasteiger partial charge >= 0.3 is 0 Å². The Morgan fingerprint density at radius 3 is 2.52 bits per heavy atom. The Morgan fingerprint density at radius 2 is 1.87 bits per heavy atom. The summed E-state index contributed by atoms with van der Waals surface area (Å²) in [5, 5.41) is 4.59. The molecule has 2 aromatic rings. The summed E-state index contributed by atoms with van der Waals surface area (Å²) in [6.45, 7) is 4.12. The molecule has 1 saturated heterocycles. The molecule has 0 bridgehead atoms. The highest BCUT2D eigenvalue weighted by Gasteiger charge is 2.35. The van der Waals surface area contributed by atoms with Gasteiger partial charge in [0.1, 0.15) is 11.9 Å². The van der Waals surface area contributed by atoms with E-state index in [-0.39, 0.29) is 17.8 Å². The Kier molecular flexibility index (Phi) is 3.25. The summed E-state index contributed by atoms with van der Waals surface area (Å²) < 4.78 is 15.6. The number of carbonyl (C=O) groups is 1. The van der Waals surface area contributed by atoms with Crippen LogP contribution in [0.2, 0.25) is 0 Å². The van der Waals surface area contributed by atoms with Gasteiger partial charge in [-0.05, 0) is 62.4 Å². The van der Waals surface area contributed by atoms with Gasteiger partial charge in [0.25, 0.3) is 5.91 Å². The van der Waals surface area contributed by atoms with Gasteiger partial charge in [-0.1, -0.05) is 0 Å². The summed E-state index contributed by atoms with van der Waals surface area (Å²) in [6, 6.07) is 5.29. The first-order valence-corrected chi connectivity index (χ1v) is 8.18. The van der Waals surface area contributed by atoms with Crippen molar-refractivity contribution >= 4 is 11.6 Å². The van der Waals surface area contributed by atoms with Crippen LogP contribution in [0.5, 0.6) is 0 Å². The smallest absolute Gasteiger partial charge is 0.251 e. The largest absolute Gasteiger partial charge is 0.310 e. The first-order chi connectivity index (χ1) is 11.0. The van der Waals surface area contributed by atoms with Crippen molar-refractivity contribution in [2.45, 2.75) is 45.1 Å². The van der Waals surface area contributed by atoms with E-state index in [1.165, 1.54) is 12.8 Å². The number of hydrogen-bond acceptors (Lipinski definition) is 2. The molecule has 1 atom stereocenters. The molecule has 2 fully saturated rings. The first-order valence-electron chi connectivity index (χ1n) is 8.18. The zero-order chi connectivity index (χ0) is 16.1. The van der Waals surface area contributed by atoms with Gasteiger partial charge in [-0.2, -0.15) is 5.10 Å². The lowest BCUT2D eigenvalue weighted by atomic mass is 10.1. The molecule has 5 heteroatoms. The van der Waals surface area contributed by atoms with Crippen LogP contribution in [0.1, 0.15) is 48.0 Å². The van der Waals surface area contributed by atoms with Crippen LogP contribution in [0, 0.1) is 19.7 Å². The van der Waals surface area contributed by atoms with Gasteiger partial charge < -0.3 is 4.90 Å². The summed E-state index contributed by atoms with van der Waals surface area (Å²) in [4.78, 5) is 14.5. The van der Waals surface area contributed by atoms with Crippen LogP contribution in [0.15, 0.2) is 24.4 Å². The van der Waals surface area contributed by atoms with E-state index in [1.807, 2.05) is 12.3 Å². The molecule has 1 unspecified atom stereocenters. The van der Waals surface area contributed by atoms with E-state index in [0.717, 1.165) is 17.8 Å². The number of carbonyl (C=O) groups excluding carboxylic acids is 1. The maximum atomic E-state index is 13.8. The Bertz CT molecular complexity index is 755. The summed E-state index contributed by atoms with van der Waals surface area (Å²) in [6.07, 6.45) is 5.06. The number of rotatable bonds is 3. The van der Waals surface area contributed by atoms with Crippen LogP contribution < -0.4 is 4.90 Å². The maximum absolute atomic E-state index is 13.8. The lowest BCUT2D eigenvalue weighted by Gasteiger charge is -2.18. The molecule has 1 aliphatic heterocycles. The summed E-state index contributed by atoms with van der Waals surface area (Å²) in [5.41, 5.74) is 3.03. The van der Waals surface area contributed by atoms with E-state index < -0.39 is 0 Å². The van der Waals surface area contributed by atoms with Crippen molar-refractivity contribution < 1.29 is 9.18 Å². The van der Waals surface area contributed by atoms with Crippen molar-refractivity contribution in [3.63, 3.8) is 0 Å². The van der Waals surface area contributed by atoms with Gasteiger partial charge in [0, 0.05) is 24.3 Å². The number of nitrogens with zero attached hydrogens (tertiary/aromatic N) is 3. The highest BCUT2D eigenvalue weighted by molar-refractivity contribution is 5.98. The predicted molar refractivity (Wildman–Crippen MR) is 86.1 cm³/mol. The van der Waals surface area contributed by atoms with E-state index in [0.29, 0.717) is 23.6 Å². The van der Waals surface area contributed by atoms with Gasteiger partial charge in [-0.15, -0.1) is 0 Å². The molecule has 120 valence electrons. The molecule has 0 N–H and O–H groups in total. The van der Waals surface area contributed by atoms with Gasteiger partial charge in [0.05, 0.1) is 5.69 Å². The third-order valence-corrected chi connectivity index (χ3v) is 4.85. The Labute approximate surface area is 134 Å². The van der Waals surface area contributed by atoms with Crippen molar-refractivity contribution in [3.8, 4) is 0 Å². The van der Waals surface area contributed by atoms with Crippen molar-refractivity contribution in [2.75, 3.05) is 11.4 Å². The minimum atomic E-state index is -0.242. The molecule has 1 amide bonds. The molecule has 1 aliphatic carbocycles. The average molecular weight is 313 g/mol. The summed E-state index contributed by atoms with van der Waals surface area (Å²) in [7, 11) is 0. The number of benzene rings is 1. The van der Waals surface area contributed by atoms with E-state index in [1.54, 1.807) is 35.6 Å². The van der Waals surface area contributed by atoms with Crippen LogP contribution >= 0.6 is 0 Å². The minimum absolute atomic E-state index is 0.0425. The van der Waals surface area contributed by atoms with Gasteiger partial charge in [0.2, 0.25) is 0 Å². The molecule has 4 rings (SSSR count). The number of aryl methyl sites for hydroxylation is 2. The number of hydrogen-bond donors (Lipinski definition) is 0. The zero-order valence-corrected chi connectivity index (χ0v) is 13.4. The number of amides is 1. The van der Waals surface area contributed by atoms with Crippen LogP contribution in [-0.4, -0.2) is 22.2 Å². The Balaban J connectivity index is 1.59. The van der Waals surface area contributed by atoms with Crippen LogP contribution in [-0.2, 0) is 4.79 Å². The fourth-order valence-corrected chi connectivity index (χ4v) is 3.37. The van der Waals surface area contributed by atoms with Crippen LogP contribution in [0.3, 0.4) is 0 Å². The molecule has 23 heavy (non-hydrogen) atoms. The molecule has 2 aliphatic rings. The molecule has 2 heterocycles. The van der Waals surface area contributed by atoms with Crippen molar-refractivity contribution in [1.29, 1.82) is 0 Å². The number of anilines is 1. The second-order valence-corrected chi connectivity index (χ2v) is 6.68. The SMILES string of the molecule is Cc1cc(N2CCC(n3ccc(C4CC4)n3)C2=O)cc(C)c1F. The monoisotopic (exact) mass is 313 g/mol. The van der Waals surface area contributed by atoms with E-state index in [4.69, 9.17) is 0 Å². The molecule has 1 aromatic heterocycles. The predicted octanol–water partition coefficient (Wildman–Crippen LogP) is 3.49. The second-order valence-electron chi connectivity index (χ2n) is 6.68. The lowest BCUT2D eigenvalue weighted by molar-refractivity contribution is -0.120. The molecule has 1 saturated carbocycles. The molecule has 4 nitrogen and oxygen atoms in total. The standard InChI is InChI=1S/C18H20FN3O/c1-11-9-14(10-12(2)17(11)19)21-7-6-16(18(21)23)22-8-5-15(20-22)13-3-4-13/h5,8-10,13,16H,3-4,6-7H2,1-2H3. The molecular weight excluding hydrogens is 293 g/mol. The quantitative estimate of drug-likeness (QED) is 0.870. The third kappa shape index (κ3) is 2.44. The van der Waals surface area contributed by atoms with E-state index in [9.17, 15) is 9.18 Å². The normalized spacial score (nSPS) is 21.3. The third-order valence-electron chi connectivity index (χ3n) is 4.85. The second kappa shape index (κ2) is 5.18. The topological polar surface area (TPSA) is 38.1 Å². The first kappa shape index (κ1) is 14.4. The Morgan fingerprint density at radius 1 is 1.17 bits per heavy atom. The highest BCUT2D eigenvalue weighted by atomic mass is 19.1. The minimum Gasteiger partial charge on any atom is -0.310 e. The highest BCUT2D eigenvalue weighted by Crippen LogP contribution is 2.39. The van der Waals surface area contributed by atoms with Crippen LogP contribution in [0.4, 0.5) is 10.1 Å². The van der Waals surface area contributed by atoms with E-state index >= 15 is 0 Å². The fraction of sp³-hybridized carbons (Fsp3) is 0.444. The Hall–Kier alpha value is -2.17. The molecule has 0 spiro atoms. The fourth-order valence-electron chi connectivity index (χ4n) is 3.37.